The summed E-state index contributed by atoms with van der Waals surface area (Å²) in [4.78, 5) is 0. The molecule has 0 aliphatic heterocycles. The summed E-state index contributed by atoms with van der Waals surface area (Å²) in [7, 11) is 0. The van der Waals surface area contributed by atoms with E-state index in [1.807, 2.05) is 0 Å². The van der Waals surface area contributed by atoms with Gasteiger partial charge in [0.05, 0.1) is 0 Å². The van der Waals surface area contributed by atoms with Crippen molar-refractivity contribution in [2.75, 3.05) is 0 Å². The summed E-state index contributed by atoms with van der Waals surface area (Å²) >= 11 is -2.29. The van der Waals surface area contributed by atoms with Crippen LogP contribution in [-0.4, -0.2) is 36.8 Å². The summed E-state index contributed by atoms with van der Waals surface area (Å²) in [6.45, 7) is 0. The van der Waals surface area contributed by atoms with Crippen LogP contribution in [0.2, 0.25) is 0 Å². The van der Waals surface area contributed by atoms with Gasteiger partial charge in [-0.15, -0.1) is 0 Å². The average Bonchev–Trinajstić information content (AvgIpc) is 2.77. The Morgan fingerprint density at radius 1 is 0.333 bits per heavy atom. The molecule has 1 radical (unpaired) electrons. The molecule has 0 spiro atoms. The van der Waals surface area contributed by atoms with Crippen LogP contribution in [0.15, 0.2) is 121 Å². The van der Waals surface area contributed by atoms with Crippen LogP contribution in [0.1, 0.15) is 0 Å². The van der Waals surface area contributed by atoms with E-state index in [0.717, 1.165) is 0 Å². The number of hydrogen-bond acceptors (Lipinski definition) is 0. The van der Waals surface area contributed by atoms with Gasteiger partial charge in [-0.25, -0.2) is 0 Å². The Bertz CT molecular complexity index is 782. The third-order valence-corrected chi connectivity index (χ3v) is 45.8. The summed E-state index contributed by atoms with van der Waals surface area (Å²) in [5.41, 5.74) is 0. The van der Waals surface area contributed by atoms with Crippen molar-refractivity contribution in [2.45, 2.75) is 0 Å². The molecule has 0 N–H and O–H groups in total. The van der Waals surface area contributed by atoms with Gasteiger partial charge >= 0.3 is 176 Å². The van der Waals surface area contributed by atoms with Crippen LogP contribution in [0.25, 0.3) is 0 Å². The molecular weight excluding hydrogens is 513 g/mol. The Kier molecular flexibility index (Phi) is 6.76. The van der Waals surface area contributed by atoms with E-state index in [4.69, 9.17) is 0 Å². The third kappa shape index (κ3) is 4.89. The summed E-state index contributed by atoms with van der Waals surface area (Å²) in [5.74, 6) is 0. The first-order valence-corrected chi connectivity index (χ1v) is 23.1. The van der Waals surface area contributed by atoms with Crippen molar-refractivity contribution < 1.29 is 0 Å². The maximum atomic E-state index is 2.37. The summed E-state index contributed by atoms with van der Waals surface area (Å²) < 4.78 is 6.40. The molecule has 0 nitrogen and oxygen atoms in total. The van der Waals surface area contributed by atoms with Gasteiger partial charge in [-0.3, -0.25) is 0 Å². The first-order valence-electron chi connectivity index (χ1n) is 8.94. The molecule has 0 aromatic heterocycles. The molecule has 0 bridgehead atoms. The zero-order chi connectivity index (χ0) is 18.3. The van der Waals surface area contributed by atoms with Crippen LogP contribution in [0.4, 0.5) is 0 Å². The molecule has 0 heterocycles. The van der Waals surface area contributed by atoms with Crippen LogP contribution >= 0.6 is 0 Å². The normalized spacial score (nSPS) is 11.0. The Balaban J connectivity index is 1.77. The Labute approximate surface area is 174 Å². The molecule has 131 valence electrons. The average molecular weight is 533 g/mol. The zero-order valence-electron chi connectivity index (χ0n) is 14.9. The fraction of sp³-hybridized carbons (Fsp3) is 0. The molecule has 0 amide bonds. The third-order valence-electron chi connectivity index (χ3n) is 4.18. The quantitative estimate of drug-likeness (QED) is 0.334. The van der Waals surface area contributed by atoms with Crippen LogP contribution in [0, 0.1) is 0 Å². The van der Waals surface area contributed by atoms with E-state index in [9.17, 15) is 0 Å². The first kappa shape index (κ1) is 18.9. The zero-order valence-corrected chi connectivity index (χ0v) is 20.5. The van der Waals surface area contributed by atoms with Gasteiger partial charge < -0.3 is 0 Å². The van der Waals surface area contributed by atoms with Crippen molar-refractivity contribution in [1.29, 1.82) is 0 Å². The molecule has 0 aliphatic rings. The molecule has 4 aromatic rings. The van der Waals surface area contributed by atoms with Crippen LogP contribution in [0.3, 0.4) is 0 Å². The SMILES string of the molecule is c1ccc([As]([As][As](c2ccccc2)c2ccccc2)c2ccccc2)cc1. The Morgan fingerprint density at radius 3 is 0.778 bits per heavy atom. The summed E-state index contributed by atoms with van der Waals surface area (Å²) in [6.07, 6.45) is 0. The van der Waals surface area contributed by atoms with Gasteiger partial charge in [-0.2, -0.15) is 0 Å². The number of benzene rings is 4. The second-order valence-electron chi connectivity index (χ2n) is 6.06. The number of rotatable bonds is 6. The second-order valence-corrected chi connectivity index (χ2v) is 34.2. The minimum absolute atomic E-state index is 0.257. The topological polar surface area (TPSA) is 0 Å². The molecule has 0 saturated heterocycles. The van der Waals surface area contributed by atoms with Gasteiger partial charge in [-0.05, 0) is 0 Å². The van der Waals surface area contributed by atoms with Gasteiger partial charge in [0, 0.05) is 0 Å². The molecule has 0 atom stereocenters. The molecule has 0 unspecified atom stereocenters. The Hall–Kier alpha value is -1.44. The fourth-order valence-electron chi connectivity index (χ4n) is 2.87. The van der Waals surface area contributed by atoms with E-state index in [0.29, 0.717) is 0 Å². The van der Waals surface area contributed by atoms with E-state index < -0.39 is 25.2 Å². The van der Waals surface area contributed by atoms with Gasteiger partial charge in [0.25, 0.3) is 0 Å². The molecule has 0 fully saturated rings. The predicted octanol–water partition coefficient (Wildman–Crippen LogP) is 2.30. The van der Waals surface area contributed by atoms with Gasteiger partial charge in [0.2, 0.25) is 0 Å². The molecular formula is C24H20As3. The van der Waals surface area contributed by atoms with Crippen LogP contribution in [0.5, 0.6) is 0 Å². The van der Waals surface area contributed by atoms with Crippen molar-refractivity contribution in [3.63, 3.8) is 0 Å². The van der Waals surface area contributed by atoms with Crippen molar-refractivity contribution in [1.82, 2.24) is 0 Å². The molecule has 0 saturated carbocycles. The van der Waals surface area contributed by atoms with Crippen molar-refractivity contribution in [3.05, 3.63) is 121 Å². The first-order chi connectivity index (χ1) is 13.4. The van der Waals surface area contributed by atoms with Crippen molar-refractivity contribution in [2.24, 2.45) is 0 Å². The minimum atomic E-state index is -1.27. The monoisotopic (exact) mass is 533 g/mol. The van der Waals surface area contributed by atoms with Crippen LogP contribution < -0.4 is 17.4 Å². The molecule has 4 aromatic carbocycles. The van der Waals surface area contributed by atoms with E-state index in [-0.39, 0.29) is 11.6 Å². The Morgan fingerprint density at radius 2 is 0.556 bits per heavy atom. The molecule has 27 heavy (non-hydrogen) atoms. The van der Waals surface area contributed by atoms with Gasteiger partial charge in [0.15, 0.2) is 0 Å². The van der Waals surface area contributed by atoms with Crippen LogP contribution in [-0.2, 0) is 0 Å². The van der Waals surface area contributed by atoms with E-state index >= 15 is 0 Å². The second kappa shape index (κ2) is 9.66. The van der Waals surface area contributed by atoms with Gasteiger partial charge in [-0.1, -0.05) is 0 Å². The fourth-order valence-corrected chi connectivity index (χ4v) is 55.0. The van der Waals surface area contributed by atoms with Gasteiger partial charge in [0.1, 0.15) is 0 Å². The van der Waals surface area contributed by atoms with E-state index in [1.165, 1.54) is 0 Å². The number of hydrogen-bond donors (Lipinski definition) is 0. The summed E-state index contributed by atoms with van der Waals surface area (Å²) in [5, 5.41) is 0. The standard InChI is InChI=1S/C24H20As3/c1-5-13-21(14-6-1)26(22-15-7-2-8-16-22)25-27(23-17-9-3-10-18-23)24-19-11-4-12-20-24/h1-20H. The maximum absolute atomic E-state index is 2.37. The predicted molar refractivity (Wildman–Crippen MR) is 122 cm³/mol. The van der Waals surface area contributed by atoms with E-state index in [1.54, 1.807) is 17.4 Å². The van der Waals surface area contributed by atoms with Crippen molar-refractivity contribution >= 4 is 54.2 Å². The van der Waals surface area contributed by atoms with Crippen molar-refractivity contribution in [3.8, 4) is 0 Å². The molecule has 4 rings (SSSR count). The van der Waals surface area contributed by atoms with E-state index in [2.05, 4.69) is 121 Å². The molecule has 3 heteroatoms. The summed E-state index contributed by atoms with van der Waals surface area (Å²) in [6, 6.07) is 45.2. The molecule has 0 aliphatic carbocycles.